The Kier molecular flexibility index (Phi) is 4.65. The number of carbonyl (C=O) groups excluding carboxylic acids is 1. The molecule has 20 heavy (non-hydrogen) atoms. The number of nitrogens with zero attached hydrogens (tertiary/aromatic N) is 4. The number of amides is 1. The summed E-state index contributed by atoms with van der Waals surface area (Å²) < 4.78 is 1.85. The van der Waals surface area contributed by atoms with Crippen LogP contribution in [0, 0.1) is 0 Å². The largest absolute Gasteiger partial charge is 0.369 e. The van der Waals surface area contributed by atoms with Crippen LogP contribution in [0.3, 0.4) is 0 Å². The molecule has 0 fully saturated rings. The van der Waals surface area contributed by atoms with Crippen LogP contribution < -0.4 is 10.6 Å². The number of hydrogen-bond acceptors (Lipinski definition) is 5. The Morgan fingerprint density at radius 2 is 2.15 bits per heavy atom. The van der Waals surface area contributed by atoms with Gasteiger partial charge in [-0.05, 0) is 6.42 Å². The molecule has 0 bridgehead atoms. The van der Waals surface area contributed by atoms with E-state index >= 15 is 0 Å². The summed E-state index contributed by atoms with van der Waals surface area (Å²) in [6.45, 7) is 3.26. The second kappa shape index (κ2) is 6.65. The van der Waals surface area contributed by atoms with E-state index in [0.717, 1.165) is 18.8 Å². The topological polar surface area (TPSA) is 84.7 Å². The monoisotopic (exact) mass is 274 g/mol. The molecule has 0 aromatic carbocycles. The lowest BCUT2D eigenvalue weighted by molar-refractivity contribution is 0.0944. The van der Waals surface area contributed by atoms with Gasteiger partial charge in [-0.2, -0.15) is 0 Å². The minimum atomic E-state index is -0.262. The first kappa shape index (κ1) is 14.0. The van der Waals surface area contributed by atoms with Gasteiger partial charge in [-0.3, -0.25) is 4.79 Å². The average Bonchev–Trinajstić information content (AvgIpc) is 2.88. The van der Waals surface area contributed by atoms with Gasteiger partial charge in [0.2, 0.25) is 0 Å². The van der Waals surface area contributed by atoms with E-state index in [9.17, 15) is 4.79 Å². The van der Waals surface area contributed by atoms with Crippen molar-refractivity contribution in [3.05, 3.63) is 36.3 Å². The quantitative estimate of drug-likeness (QED) is 0.819. The fourth-order valence-electron chi connectivity index (χ4n) is 1.61. The lowest BCUT2D eigenvalue weighted by Crippen LogP contribution is -2.25. The van der Waals surface area contributed by atoms with E-state index in [1.54, 1.807) is 12.4 Å². The molecule has 2 aromatic heterocycles. The van der Waals surface area contributed by atoms with Crippen molar-refractivity contribution in [2.45, 2.75) is 19.9 Å². The van der Waals surface area contributed by atoms with Gasteiger partial charge in [0.1, 0.15) is 17.3 Å². The van der Waals surface area contributed by atoms with Crippen molar-refractivity contribution in [3.63, 3.8) is 0 Å². The van der Waals surface area contributed by atoms with Crippen molar-refractivity contribution in [3.8, 4) is 0 Å². The molecule has 2 aromatic rings. The van der Waals surface area contributed by atoms with Crippen molar-refractivity contribution < 1.29 is 4.79 Å². The normalized spacial score (nSPS) is 10.3. The van der Waals surface area contributed by atoms with Crippen molar-refractivity contribution in [2.24, 2.45) is 7.05 Å². The van der Waals surface area contributed by atoms with Crippen LogP contribution in [0.1, 0.15) is 29.7 Å². The summed E-state index contributed by atoms with van der Waals surface area (Å²) in [5.74, 6) is 1.20. The highest BCUT2D eigenvalue weighted by Gasteiger charge is 2.09. The molecule has 0 aliphatic heterocycles. The number of anilines is 1. The summed E-state index contributed by atoms with van der Waals surface area (Å²) in [6, 6.07) is 0. The molecular formula is C13H18N6O. The molecule has 0 radical (unpaired) electrons. The van der Waals surface area contributed by atoms with Gasteiger partial charge in [-0.1, -0.05) is 6.92 Å². The highest BCUT2D eigenvalue weighted by molar-refractivity contribution is 5.91. The molecule has 0 aliphatic rings. The zero-order valence-electron chi connectivity index (χ0n) is 11.6. The molecular weight excluding hydrogens is 256 g/mol. The molecule has 0 unspecified atom stereocenters. The van der Waals surface area contributed by atoms with Crippen molar-refractivity contribution >= 4 is 11.7 Å². The molecule has 2 heterocycles. The van der Waals surface area contributed by atoms with Crippen LogP contribution in [-0.2, 0) is 13.6 Å². The van der Waals surface area contributed by atoms with Gasteiger partial charge >= 0.3 is 0 Å². The zero-order chi connectivity index (χ0) is 14.4. The maximum atomic E-state index is 11.9. The fourth-order valence-corrected chi connectivity index (χ4v) is 1.61. The van der Waals surface area contributed by atoms with E-state index in [1.165, 1.54) is 6.20 Å². The predicted octanol–water partition coefficient (Wildman–Crippen LogP) is 0.962. The van der Waals surface area contributed by atoms with Gasteiger partial charge in [-0.25, -0.2) is 15.0 Å². The molecule has 0 aliphatic carbocycles. The lowest BCUT2D eigenvalue weighted by atomic mass is 10.4. The van der Waals surface area contributed by atoms with Gasteiger partial charge in [0.05, 0.1) is 18.9 Å². The van der Waals surface area contributed by atoms with Crippen LogP contribution in [0.4, 0.5) is 5.82 Å². The first-order valence-corrected chi connectivity index (χ1v) is 6.51. The van der Waals surface area contributed by atoms with Gasteiger partial charge in [0.15, 0.2) is 0 Å². The number of aryl methyl sites for hydroxylation is 1. The number of aromatic nitrogens is 4. The van der Waals surface area contributed by atoms with Gasteiger partial charge < -0.3 is 15.2 Å². The van der Waals surface area contributed by atoms with E-state index in [2.05, 4.69) is 32.5 Å². The summed E-state index contributed by atoms with van der Waals surface area (Å²) in [6.07, 6.45) is 7.55. The van der Waals surface area contributed by atoms with E-state index in [-0.39, 0.29) is 5.91 Å². The Bertz CT molecular complexity index is 562. The minimum absolute atomic E-state index is 0.262. The second-order valence-electron chi connectivity index (χ2n) is 4.35. The first-order valence-electron chi connectivity index (χ1n) is 6.51. The third-order valence-corrected chi connectivity index (χ3v) is 2.77. The maximum Gasteiger partial charge on any atom is 0.271 e. The standard InChI is InChI=1S/C13H18N6O/c1-3-4-14-11-8-16-10(7-17-11)13(20)18-9-12-15-5-6-19(12)2/h5-8H,3-4,9H2,1-2H3,(H,14,17)(H,18,20). The third kappa shape index (κ3) is 3.53. The maximum absolute atomic E-state index is 11.9. The number of carbonyl (C=O) groups is 1. The van der Waals surface area contributed by atoms with Crippen LogP contribution in [0.2, 0.25) is 0 Å². The highest BCUT2D eigenvalue weighted by atomic mass is 16.1. The van der Waals surface area contributed by atoms with Crippen LogP contribution >= 0.6 is 0 Å². The second-order valence-corrected chi connectivity index (χ2v) is 4.35. The molecule has 7 nitrogen and oxygen atoms in total. The van der Waals surface area contributed by atoms with Crippen molar-refractivity contribution in [1.29, 1.82) is 0 Å². The van der Waals surface area contributed by atoms with Crippen molar-refractivity contribution in [2.75, 3.05) is 11.9 Å². The van der Waals surface area contributed by atoms with Gasteiger partial charge in [0.25, 0.3) is 5.91 Å². The fraction of sp³-hybridized carbons (Fsp3) is 0.385. The van der Waals surface area contributed by atoms with E-state index in [4.69, 9.17) is 0 Å². The third-order valence-electron chi connectivity index (χ3n) is 2.77. The summed E-state index contributed by atoms with van der Waals surface area (Å²) in [5.41, 5.74) is 0.293. The average molecular weight is 274 g/mol. The number of imidazole rings is 1. The number of nitrogens with one attached hydrogen (secondary N) is 2. The zero-order valence-corrected chi connectivity index (χ0v) is 11.6. The van der Waals surface area contributed by atoms with E-state index < -0.39 is 0 Å². The Morgan fingerprint density at radius 3 is 2.75 bits per heavy atom. The summed E-state index contributed by atoms with van der Waals surface area (Å²) >= 11 is 0. The molecule has 1 amide bonds. The lowest BCUT2D eigenvalue weighted by Gasteiger charge is -2.06. The molecule has 0 spiro atoms. The Hall–Kier alpha value is -2.44. The summed E-state index contributed by atoms with van der Waals surface area (Å²) in [7, 11) is 1.88. The Labute approximate surface area is 117 Å². The summed E-state index contributed by atoms with van der Waals surface area (Å²) in [4.78, 5) is 24.3. The molecule has 7 heteroatoms. The predicted molar refractivity (Wildman–Crippen MR) is 75.2 cm³/mol. The molecule has 106 valence electrons. The van der Waals surface area contributed by atoms with Crippen LogP contribution in [-0.4, -0.2) is 32.0 Å². The minimum Gasteiger partial charge on any atom is -0.369 e. The smallest absolute Gasteiger partial charge is 0.271 e. The van der Waals surface area contributed by atoms with Crippen LogP contribution in [0.15, 0.2) is 24.8 Å². The number of rotatable bonds is 6. The molecule has 2 rings (SSSR count). The van der Waals surface area contributed by atoms with Gasteiger partial charge in [0, 0.05) is 26.0 Å². The molecule has 2 N–H and O–H groups in total. The molecule has 0 saturated heterocycles. The number of hydrogen-bond donors (Lipinski definition) is 2. The molecule has 0 saturated carbocycles. The molecule has 0 atom stereocenters. The summed E-state index contributed by atoms with van der Waals surface area (Å²) in [5, 5.41) is 5.86. The Balaban J connectivity index is 1.90. The van der Waals surface area contributed by atoms with Crippen molar-refractivity contribution in [1.82, 2.24) is 24.8 Å². The van der Waals surface area contributed by atoms with Crippen LogP contribution in [0.5, 0.6) is 0 Å². The van der Waals surface area contributed by atoms with E-state index in [1.807, 2.05) is 17.8 Å². The van der Waals surface area contributed by atoms with Crippen LogP contribution in [0.25, 0.3) is 0 Å². The van der Waals surface area contributed by atoms with Gasteiger partial charge in [-0.15, -0.1) is 0 Å². The first-order chi connectivity index (χ1) is 9.70. The SMILES string of the molecule is CCCNc1cnc(C(=O)NCc2nccn2C)cn1. The van der Waals surface area contributed by atoms with E-state index in [0.29, 0.717) is 18.1 Å². The highest BCUT2D eigenvalue weighted by Crippen LogP contribution is 2.01. The Morgan fingerprint density at radius 1 is 1.30 bits per heavy atom.